The molecule has 0 atom stereocenters. The molecule has 3 heteroatoms. The molecule has 0 bridgehead atoms. The molecule has 1 heterocycles. The van der Waals surface area contributed by atoms with Gasteiger partial charge in [-0.05, 0) is 18.6 Å². The Morgan fingerprint density at radius 1 is 1.50 bits per heavy atom. The first-order valence-electron chi connectivity index (χ1n) is 3.68. The van der Waals surface area contributed by atoms with Crippen LogP contribution in [0.15, 0.2) is 12.1 Å². The number of aliphatic hydroxyl groups excluding tert-OH is 1. The second-order valence-corrected chi connectivity index (χ2v) is 3.95. The van der Waals surface area contributed by atoms with E-state index in [-0.39, 0.29) is 6.61 Å². The van der Waals surface area contributed by atoms with E-state index in [1.54, 1.807) is 0 Å². The highest BCUT2D eigenvalue weighted by atomic mass is 35.5. The van der Waals surface area contributed by atoms with Gasteiger partial charge in [-0.3, -0.25) is 0 Å². The van der Waals surface area contributed by atoms with Gasteiger partial charge in [-0.2, -0.15) is 0 Å². The predicted molar refractivity (Wildman–Crippen MR) is 52.5 cm³/mol. The van der Waals surface area contributed by atoms with Gasteiger partial charge in [0.2, 0.25) is 0 Å². The average Bonchev–Trinajstić information content (AvgIpc) is 2.45. The first kappa shape index (κ1) is 9.60. The van der Waals surface area contributed by atoms with Crippen LogP contribution in [-0.4, -0.2) is 11.7 Å². The highest BCUT2D eigenvalue weighted by molar-refractivity contribution is 7.16. The fraction of sp³-hybridized carbons (Fsp3) is 0.333. The number of hydrogen-bond donors (Lipinski definition) is 1. The van der Waals surface area contributed by atoms with Crippen molar-refractivity contribution < 1.29 is 5.11 Å². The monoisotopic (exact) mass is 200 g/mol. The first-order valence-corrected chi connectivity index (χ1v) is 4.87. The SMILES string of the molecule is OCCCC#Cc1ccc(Cl)s1. The molecule has 0 saturated heterocycles. The maximum atomic E-state index is 8.48. The summed E-state index contributed by atoms with van der Waals surface area (Å²) in [7, 11) is 0. The van der Waals surface area contributed by atoms with Gasteiger partial charge in [-0.25, -0.2) is 0 Å². The van der Waals surface area contributed by atoms with Crippen LogP contribution < -0.4 is 0 Å². The lowest BCUT2D eigenvalue weighted by Crippen LogP contribution is -1.78. The molecule has 1 rings (SSSR count). The van der Waals surface area contributed by atoms with Crippen LogP contribution in [0.3, 0.4) is 0 Å². The summed E-state index contributed by atoms with van der Waals surface area (Å²) in [5.41, 5.74) is 0. The second-order valence-electron chi connectivity index (χ2n) is 2.23. The Kier molecular flexibility index (Phi) is 4.16. The van der Waals surface area contributed by atoms with Gasteiger partial charge >= 0.3 is 0 Å². The van der Waals surface area contributed by atoms with Crippen molar-refractivity contribution in [3.8, 4) is 11.8 Å². The van der Waals surface area contributed by atoms with Crippen LogP contribution in [0.2, 0.25) is 4.34 Å². The zero-order chi connectivity index (χ0) is 8.81. The van der Waals surface area contributed by atoms with E-state index >= 15 is 0 Å². The van der Waals surface area contributed by atoms with Crippen LogP contribution in [0.25, 0.3) is 0 Å². The third-order valence-corrected chi connectivity index (χ3v) is 2.39. The van der Waals surface area contributed by atoms with E-state index in [1.165, 1.54) is 11.3 Å². The van der Waals surface area contributed by atoms with Gasteiger partial charge in [0.1, 0.15) is 0 Å². The quantitative estimate of drug-likeness (QED) is 0.575. The van der Waals surface area contributed by atoms with Gasteiger partial charge in [0.25, 0.3) is 0 Å². The smallest absolute Gasteiger partial charge is 0.0941 e. The van der Waals surface area contributed by atoms with Crippen LogP contribution in [0.1, 0.15) is 17.7 Å². The minimum atomic E-state index is 0.208. The molecule has 1 aromatic heterocycles. The molecule has 1 aromatic rings. The van der Waals surface area contributed by atoms with Crippen molar-refractivity contribution in [2.75, 3.05) is 6.61 Å². The molecule has 0 saturated carbocycles. The Hall–Kier alpha value is -0.490. The van der Waals surface area contributed by atoms with Crippen LogP contribution >= 0.6 is 22.9 Å². The Balaban J connectivity index is 2.43. The van der Waals surface area contributed by atoms with Crippen LogP contribution in [0.4, 0.5) is 0 Å². The number of unbranched alkanes of at least 4 members (excludes halogenated alkanes) is 1. The molecule has 0 radical (unpaired) electrons. The van der Waals surface area contributed by atoms with Gasteiger partial charge in [0, 0.05) is 13.0 Å². The summed E-state index contributed by atoms with van der Waals surface area (Å²) in [6.45, 7) is 0.208. The van der Waals surface area contributed by atoms with Gasteiger partial charge in [0.15, 0.2) is 0 Å². The number of aliphatic hydroxyl groups is 1. The van der Waals surface area contributed by atoms with E-state index in [4.69, 9.17) is 16.7 Å². The zero-order valence-electron chi connectivity index (χ0n) is 6.51. The number of hydrogen-bond acceptors (Lipinski definition) is 2. The van der Waals surface area contributed by atoms with Gasteiger partial charge in [0.05, 0.1) is 9.21 Å². The van der Waals surface area contributed by atoms with E-state index < -0.39 is 0 Å². The van der Waals surface area contributed by atoms with Crippen molar-refractivity contribution >= 4 is 22.9 Å². The third-order valence-electron chi connectivity index (χ3n) is 1.24. The Bertz CT molecular complexity index is 295. The molecule has 0 aliphatic carbocycles. The number of thiophene rings is 1. The molecule has 64 valence electrons. The topological polar surface area (TPSA) is 20.2 Å². The lowest BCUT2D eigenvalue weighted by atomic mass is 10.3. The Morgan fingerprint density at radius 2 is 2.33 bits per heavy atom. The molecule has 0 amide bonds. The molecule has 0 aromatic carbocycles. The van der Waals surface area contributed by atoms with Gasteiger partial charge in [-0.1, -0.05) is 23.4 Å². The summed E-state index contributed by atoms with van der Waals surface area (Å²) in [6.07, 6.45) is 1.48. The second kappa shape index (κ2) is 5.21. The van der Waals surface area contributed by atoms with E-state index in [0.717, 1.165) is 22.1 Å². The minimum absolute atomic E-state index is 0.208. The lowest BCUT2D eigenvalue weighted by molar-refractivity contribution is 0.290. The molecular formula is C9H9ClOS. The summed E-state index contributed by atoms with van der Waals surface area (Å²) < 4.78 is 0.765. The minimum Gasteiger partial charge on any atom is -0.396 e. The Morgan fingerprint density at radius 3 is 2.92 bits per heavy atom. The molecule has 1 nitrogen and oxygen atoms in total. The van der Waals surface area contributed by atoms with E-state index in [2.05, 4.69) is 11.8 Å². The first-order chi connectivity index (χ1) is 5.83. The summed E-state index contributed by atoms with van der Waals surface area (Å²) in [4.78, 5) is 0.984. The lowest BCUT2D eigenvalue weighted by Gasteiger charge is -1.82. The van der Waals surface area contributed by atoms with Gasteiger partial charge in [-0.15, -0.1) is 11.3 Å². The highest BCUT2D eigenvalue weighted by Crippen LogP contribution is 2.20. The summed E-state index contributed by atoms with van der Waals surface area (Å²) >= 11 is 7.19. The third kappa shape index (κ3) is 3.27. The molecule has 0 aliphatic rings. The van der Waals surface area contributed by atoms with Crippen molar-refractivity contribution in [2.45, 2.75) is 12.8 Å². The molecule has 0 fully saturated rings. The maximum Gasteiger partial charge on any atom is 0.0941 e. The average molecular weight is 201 g/mol. The number of rotatable bonds is 2. The van der Waals surface area contributed by atoms with Crippen molar-refractivity contribution in [1.29, 1.82) is 0 Å². The predicted octanol–water partition coefficient (Wildman–Crippen LogP) is 2.53. The molecule has 1 N–H and O–H groups in total. The summed E-state index contributed by atoms with van der Waals surface area (Å²) in [5.74, 6) is 5.93. The largest absolute Gasteiger partial charge is 0.396 e. The zero-order valence-corrected chi connectivity index (χ0v) is 8.08. The number of halogens is 1. The van der Waals surface area contributed by atoms with E-state index in [1.807, 2.05) is 12.1 Å². The van der Waals surface area contributed by atoms with Crippen LogP contribution in [0.5, 0.6) is 0 Å². The van der Waals surface area contributed by atoms with E-state index in [0.29, 0.717) is 0 Å². The molecule has 12 heavy (non-hydrogen) atoms. The van der Waals surface area contributed by atoms with E-state index in [9.17, 15) is 0 Å². The van der Waals surface area contributed by atoms with Crippen molar-refractivity contribution in [3.05, 3.63) is 21.3 Å². The van der Waals surface area contributed by atoms with Crippen molar-refractivity contribution in [1.82, 2.24) is 0 Å². The molecular weight excluding hydrogens is 192 g/mol. The van der Waals surface area contributed by atoms with Crippen LogP contribution in [-0.2, 0) is 0 Å². The maximum absolute atomic E-state index is 8.48. The molecule has 0 aliphatic heterocycles. The van der Waals surface area contributed by atoms with Crippen molar-refractivity contribution in [3.63, 3.8) is 0 Å². The molecule has 0 unspecified atom stereocenters. The fourth-order valence-electron chi connectivity index (χ4n) is 0.699. The fourth-order valence-corrected chi connectivity index (χ4v) is 1.62. The summed E-state index contributed by atoms with van der Waals surface area (Å²) in [5, 5.41) is 8.48. The molecule has 0 spiro atoms. The standard InChI is InChI=1S/C9H9ClOS/c10-9-6-5-8(12-9)4-2-1-3-7-11/h5-6,11H,1,3,7H2. The van der Waals surface area contributed by atoms with Crippen LogP contribution in [0, 0.1) is 11.8 Å². The summed E-state index contributed by atoms with van der Waals surface area (Å²) in [6, 6.07) is 3.74. The van der Waals surface area contributed by atoms with Crippen molar-refractivity contribution in [2.24, 2.45) is 0 Å². The highest BCUT2D eigenvalue weighted by Gasteiger charge is 1.91. The normalized spacial score (nSPS) is 9.17. The Labute approximate surface area is 81.0 Å². The van der Waals surface area contributed by atoms with Gasteiger partial charge < -0.3 is 5.11 Å².